The molecule has 6 heteroatoms. The number of aromatic amines is 1. The summed E-state index contributed by atoms with van der Waals surface area (Å²) in [6, 6.07) is 13.8. The van der Waals surface area contributed by atoms with E-state index >= 15 is 0 Å². The van der Waals surface area contributed by atoms with Gasteiger partial charge in [0.2, 0.25) is 0 Å². The molecule has 0 radical (unpaired) electrons. The Labute approximate surface area is 210 Å². The third-order valence-electron chi connectivity index (χ3n) is 7.83. The second-order valence-electron chi connectivity index (χ2n) is 10.3. The first-order valence-electron chi connectivity index (χ1n) is 12.9. The Morgan fingerprint density at radius 2 is 1.92 bits per heavy atom. The lowest BCUT2D eigenvalue weighted by atomic mass is 9.87. The van der Waals surface area contributed by atoms with Crippen LogP contribution in [0.3, 0.4) is 0 Å². The minimum Gasteiger partial charge on any atom is -0.361 e. The zero-order chi connectivity index (χ0) is 24.6. The Bertz CT molecular complexity index is 1350. The zero-order valence-electron chi connectivity index (χ0n) is 20.1. The monoisotopic (exact) mass is 483 g/mol. The predicted octanol–water partition coefficient (Wildman–Crippen LogP) is 5.91. The number of anilines is 1. The smallest absolute Gasteiger partial charge is 0.256 e. The van der Waals surface area contributed by atoms with E-state index in [1.165, 1.54) is 25.0 Å². The molecule has 6 rings (SSSR count). The van der Waals surface area contributed by atoms with Crippen LogP contribution in [0.4, 0.5) is 10.1 Å². The van der Waals surface area contributed by atoms with Gasteiger partial charge in [-0.15, -0.1) is 0 Å². The van der Waals surface area contributed by atoms with E-state index in [0.717, 1.165) is 49.4 Å². The highest BCUT2D eigenvalue weighted by Gasteiger charge is 2.35. The molecule has 2 fully saturated rings. The molecule has 1 aliphatic heterocycles. The molecule has 184 valence electrons. The number of fused-ring (bicyclic) bond motifs is 1. The molecule has 3 aromatic rings. The van der Waals surface area contributed by atoms with Crippen molar-refractivity contribution >= 4 is 29.0 Å². The molecule has 2 heterocycles. The maximum Gasteiger partial charge on any atom is 0.256 e. The minimum atomic E-state index is -0.331. The van der Waals surface area contributed by atoms with E-state index in [-0.39, 0.29) is 23.4 Å². The Kier molecular flexibility index (Phi) is 6.05. The van der Waals surface area contributed by atoms with Crippen molar-refractivity contribution in [2.75, 3.05) is 18.4 Å². The highest BCUT2D eigenvalue weighted by molar-refractivity contribution is 6.36. The summed E-state index contributed by atoms with van der Waals surface area (Å²) < 4.78 is 14.0. The van der Waals surface area contributed by atoms with Crippen molar-refractivity contribution in [3.8, 4) is 11.1 Å². The standard InChI is InChI=1S/C30H30FN3O2/c31-21-6-1-4-19(14-21)22-7-3-9-26-28(22)25(30(36)34-26)15-27-24(12-13-33-27)29(35)23-8-2-5-20(23)17-32-16-18-10-11-18/h1,3-4,6-7,9,12-15,18,20,23,32-33H,2,5,8,10-11,16-17H2,(H,34,36)/b25-15-/t20-,23?/m0/s1. The van der Waals surface area contributed by atoms with Crippen LogP contribution in [0.2, 0.25) is 0 Å². The first-order valence-corrected chi connectivity index (χ1v) is 12.9. The van der Waals surface area contributed by atoms with E-state index < -0.39 is 0 Å². The van der Waals surface area contributed by atoms with Crippen LogP contribution in [0.25, 0.3) is 22.8 Å². The molecule has 1 aromatic heterocycles. The van der Waals surface area contributed by atoms with Crippen molar-refractivity contribution in [1.29, 1.82) is 0 Å². The summed E-state index contributed by atoms with van der Waals surface area (Å²) in [5.74, 6) is 0.753. The number of ketones is 1. The van der Waals surface area contributed by atoms with E-state index in [9.17, 15) is 14.0 Å². The molecule has 2 atom stereocenters. The largest absolute Gasteiger partial charge is 0.361 e. The predicted molar refractivity (Wildman–Crippen MR) is 140 cm³/mol. The number of nitrogens with one attached hydrogen (secondary N) is 3. The summed E-state index contributed by atoms with van der Waals surface area (Å²) in [7, 11) is 0. The molecule has 5 nitrogen and oxygen atoms in total. The third kappa shape index (κ3) is 4.42. The number of amides is 1. The van der Waals surface area contributed by atoms with Gasteiger partial charge in [0.25, 0.3) is 5.91 Å². The molecule has 36 heavy (non-hydrogen) atoms. The van der Waals surface area contributed by atoms with E-state index in [0.29, 0.717) is 34.0 Å². The van der Waals surface area contributed by atoms with Gasteiger partial charge in [-0.2, -0.15) is 0 Å². The quantitative estimate of drug-likeness (QED) is 0.275. The average Bonchev–Trinajstić information content (AvgIpc) is 3.25. The lowest BCUT2D eigenvalue weighted by molar-refractivity contribution is -0.110. The van der Waals surface area contributed by atoms with Crippen LogP contribution in [0.15, 0.2) is 54.7 Å². The highest BCUT2D eigenvalue weighted by atomic mass is 19.1. The summed E-state index contributed by atoms with van der Waals surface area (Å²) >= 11 is 0. The second kappa shape index (κ2) is 9.51. The minimum absolute atomic E-state index is 0.00259. The summed E-state index contributed by atoms with van der Waals surface area (Å²) in [5.41, 5.74) is 4.62. The fourth-order valence-corrected chi connectivity index (χ4v) is 5.77. The van der Waals surface area contributed by atoms with Gasteiger partial charge in [0.1, 0.15) is 5.82 Å². The van der Waals surface area contributed by atoms with E-state index in [1.807, 2.05) is 30.3 Å². The summed E-state index contributed by atoms with van der Waals surface area (Å²) in [4.78, 5) is 29.9. The number of hydrogen-bond donors (Lipinski definition) is 3. The van der Waals surface area contributed by atoms with Gasteiger partial charge >= 0.3 is 0 Å². The number of Topliss-reactive ketones (excluding diaryl/α,β-unsaturated/α-hetero) is 1. The molecule has 3 aliphatic rings. The van der Waals surface area contributed by atoms with Crippen LogP contribution in [0.5, 0.6) is 0 Å². The Hall–Kier alpha value is -3.51. The Morgan fingerprint density at radius 3 is 2.75 bits per heavy atom. The third-order valence-corrected chi connectivity index (χ3v) is 7.83. The summed E-state index contributed by atoms with van der Waals surface area (Å²) in [6.07, 6.45) is 9.22. The number of carbonyl (C=O) groups excluding carboxylic acids is 2. The fourth-order valence-electron chi connectivity index (χ4n) is 5.77. The molecular formula is C30H30FN3O2. The molecule has 2 saturated carbocycles. The van der Waals surface area contributed by atoms with Crippen molar-refractivity contribution in [3.05, 3.63) is 77.4 Å². The topological polar surface area (TPSA) is 74.0 Å². The molecule has 1 unspecified atom stereocenters. The number of benzene rings is 2. The van der Waals surface area contributed by atoms with Crippen LogP contribution < -0.4 is 10.6 Å². The van der Waals surface area contributed by atoms with Crippen LogP contribution in [0, 0.1) is 23.6 Å². The second-order valence-corrected chi connectivity index (χ2v) is 10.3. The number of rotatable bonds is 8. The number of hydrogen-bond acceptors (Lipinski definition) is 3. The molecule has 0 bridgehead atoms. The van der Waals surface area contributed by atoms with Crippen LogP contribution in [0.1, 0.15) is 53.7 Å². The van der Waals surface area contributed by atoms with Crippen molar-refractivity contribution in [3.63, 3.8) is 0 Å². The van der Waals surface area contributed by atoms with Gasteiger partial charge in [0, 0.05) is 34.6 Å². The van der Waals surface area contributed by atoms with Gasteiger partial charge in [-0.05, 0) is 92.1 Å². The number of halogens is 1. The van der Waals surface area contributed by atoms with Crippen LogP contribution >= 0.6 is 0 Å². The Morgan fingerprint density at radius 1 is 1.06 bits per heavy atom. The van der Waals surface area contributed by atoms with Gasteiger partial charge in [-0.1, -0.05) is 30.7 Å². The Balaban J connectivity index is 1.30. The van der Waals surface area contributed by atoms with Crippen molar-refractivity contribution in [2.45, 2.75) is 32.1 Å². The summed E-state index contributed by atoms with van der Waals surface area (Å²) in [5, 5.41) is 6.51. The van der Waals surface area contributed by atoms with Crippen LogP contribution in [-0.2, 0) is 4.79 Å². The number of H-pyrrole nitrogens is 1. The van der Waals surface area contributed by atoms with Gasteiger partial charge in [0.15, 0.2) is 5.78 Å². The molecule has 1 amide bonds. The van der Waals surface area contributed by atoms with Crippen LogP contribution in [-0.4, -0.2) is 29.8 Å². The number of aromatic nitrogens is 1. The molecule has 2 aliphatic carbocycles. The number of carbonyl (C=O) groups is 2. The molecule has 0 spiro atoms. The van der Waals surface area contributed by atoms with Crippen molar-refractivity contribution in [1.82, 2.24) is 10.3 Å². The fraction of sp³-hybridized carbons (Fsp3) is 0.333. The normalized spacial score (nSPS) is 22.1. The first-order chi connectivity index (χ1) is 17.6. The molecular weight excluding hydrogens is 453 g/mol. The van der Waals surface area contributed by atoms with Crippen molar-refractivity contribution in [2.24, 2.45) is 17.8 Å². The highest BCUT2D eigenvalue weighted by Crippen LogP contribution is 2.41. The lowest BCUT2D eigenvalue weighted by Gasteiger charge is -2.19. The lowest BCUT2D eigenvalue weighted by Crippen LogP contribution is -2.30. The van der Waals surface area contributed by atoms with Gasteiger partial charge in [0.05, 0.1) is 5.57 Å². The van der Waals surface area contributed by atoms with E-state index in [4.69, 9.17) is 0 Å². The summed E-state index contributed by atoms with van der Waals surface area (Å²) in [6.45, 7) is 1.95. The SMILES string of the molecule is O=C1Nc2cccc(-c3cccc(F)c3)c2/C1=C/c1[nH]ccc1C(=O)C1CCC[C@H]1CNCC1CC1. The van der Waals surface area contributed by atoms with Gasteiger partial charge in [-0.25, -0.2) is 4.39 Å². The van der Waals surface area contributed by atoms with Crippen molar-refractivity contribution < 1.29 is 14.0 Å². The first kappa shape index (κ1) is 22.9. The zero-order valence-corrected chi connectivity index (χ0v) is 20.1. The van der Waals surface area contributed by atoms with Gasteiger partial charge < -0.3 is 15.6 Å². The van der Waals surface area contributed by atoms with E-state index in [2.05, 4.69) is 15.6 Å². The van der Waals surface area contributed by atoms with E-state index in [1.54, 1.807) is 18.3 Å². The maximum atomic E-state index is 14.0. The average molecular weight is 484 g/mol. The van der Waals surface area contributed by atoms with Gasteiger partial charge in [-0.3, -0.25) is 9.59 Å². The maximum absolute atomic E-state index is 14.0. The molecule has 3 N–H and O–H groups in total. The molecule has 0 saturated heterocycles. The molecule has 2 aromatic carbocycles.